The Kier molecular flexibility index (Phi) is 4.81. The first-order chi connectivity index (χ1) is 8.85. The fourth-order valence-corrected chi connectivity index (χ4v) is 2.90. The van der Waals surface area contributed by atoms with E-state index < -0.39 is 0 Å². The highest BCUT2D eigenvalue weighted by Gasteiger charge is 2.31. The van der Waals surface area contributed by atoms with Gasteiger partial charge in [-0.2, -0.15) is 0 Å². The largest absolute Gasteiger partial charge is 0.312 e. The highest BCUT2D eigenvalue weighted by atomic mass is 35.5. The average molecular weight is 300 g/mol. The van der Waals surface area contributed by atoms with Crippen molar-refractivity contribution >= 4 is 23.2 Å². The van der Waals surface area contributed by atoms with Gasteiger partial charge in [0.1, 0.15) is 0 Å². The molecule has 0 aliphatic heterocycles. The first-order valence-corrected chi connectivity index (χ1v) is 7.80. The second-order valence-corrected chi connectivity index (χ2v) is 7.50. The van der Waals surface area contributed by atoms with Gasteiger partial charge in [0.15, 0.2) is 0 Å². The Morgan fingerprint density at radius 3 is 2.32 bits per heavy atom. The van der Waals surface area contributed by atoms with Crippen LogP contribution in [0.3, 0.4) is 0 Å². The van der Waals surface area contributed by atoms with Crippen molar-refractivity contribution in [3.63, 3.8) is 0 Å². The van der Waals surface area contributed by atoms with Gasteiger partial charge >= 0.3 is 0 Å². The van der Waals surface area contributed by atoms with E-state index in [0.29, 0.717) is 10.0 Å². The minimum Gasteiger partial charge on any atom is -0.312 e. The SMILES string of the molecule is CC(C)(C)NCC1CCC1Cc1ccc(Cl)c(Cl)c1. The van der Waals surface area contributed by atoms with Crippen molar-refractivity contribution in [3.8, 4) is 0 Å². The third-order valence-electron chi connectivity index (χ3n) is 3.95. The lowest BCUT2D eigenvalue weighted by Crippen LogP contribution is -2.44. The van der Waals surface area contributed by atoms with E-state index >= 15 is 0 Å². The molecule has 0 aromatic heterocycles. The summed E-state index contributed by atoms with van der Waals surface area (Å²) >= 11 is 12.0. The van der Waals surface area contributed by atoms with Gasteiger partial charge in [0.2, 0.25) is 0 Å². The molecule has 2 atom stereocenters. The van der Waals surface area contributed by atoms with Crippen molar-refractivity contribution in [1.29, 1.82) is 0 Å². The lowest BCUT2D eigenvalue weighted by Gasteiger charge is -2.39. The molecule has 2 rings (SSSR count). The van der Waals surface area contributed by atoms with Crippen molar-refractivity contribution in [1.82, 2.24) is 5.32 Å². The average Bonchev–Trinajstić information content (AvgIpc) is 2.27. The fourth-order valence-electron chi connectivity index (χ4n) is 2.58. The molecule has 0 saturated heterocycles. The molecule has 0 radical (unpaired) electrons. The molecular weight excluding hydrogens is 277 g/mol. The van der Waals surface area contributed by atoms with Crippen LogP contribution in [0.2, 0.25) is 10.0 Å². The predicted octanol–water partition coefficient (Wildman–Crippen LogP) is 4.95. The second kappa shape index (κ2) is 6.03. The summed E-state index contributed by atoms with van der Waals surface area (Å²) in [5.41, 5.74) is 1.52. The van der Waals surface area contributed by atoms with Gasteiger partial charge in [0.05, 0.1) is 10.0 Å². The molecule has 0 bridgehead atoms. The summed E-state index contributed by atoms with van der Waals surface area (Å²) < 4.78 is 0. The van der Waals surface area contributed by atoms with Gasteiger partial charge in [0, 0.05) is 5.54 Å². The number of hydrogen-bond donors (Lipinski definition) is 1. The molecule has 0 spiro atoms. The maximum absolute atomic E-state index is 6.07. The molecule has 106 valence electrons. The number of rotatable bonds is 4. The van der Waals surface area contributed by atoms with Gasteiger partial charge in [-0.1, -0.05) is 29.3 Å². The monoisotopic (exact) mass is 299 g/mol. The number of hydrogen-bond acceptors (Lipinski definition) is 1. The molecule has 19 heavy (non-hydrogen) atoms. The van der Waals surface area contributed by atoms with Gasteiger partial charge < -0.3 is 5.32 Å². The zero-order valence-electron chi connectivity index (χ0n) is 12.0. The molecule has 1 N–H and O–H groups in total. The molecule has 1 saturated carbocycles. The van der Waals surface area contributed by atoms with Crippen LogP contribution < -0.4 is 5.32 Å². The summed E-state index contributed by atoms with van der Waals surface area (Å²) in [7, 11) is 0. The van der Waals surface area contributed by atoms with E-state index in [2.05, 4.69) is 32.2 Å². The normalized spacial score (nSPS) is 23.2. The molecule has 2 unspecified atom stereocenters. The van der Waals surface area contributed by atoms with E-state index in [9.17, 15) is 0 Å². The van der Waals surface area contributed by atoms with E-state index in [1.807, 2.05) is 12.1 Å². The first-order valence-electron chi connectivity index (χ1n) is 7.04. The maximum Gasteiger partial charge on any atom is 0.0595 e. The van der Waals surface area contributed by atoms with Gasteiger partial charge in [-0.15, -0.1) is 0 Å². The third-order valence-corrected chi connectivity index (χ3v) is 4.69. The molecule has 1 aromatic rings. The summed E-state index contributed by atoms with van der Waals surface area (Å²) in [5, 5.41) is 4.93. The van der Waals surface area contributed by atoms with Gasteiger partial charge in [-0.25, -0.2) is 0 Å². The molecule has 0 heterocycles. The Morgan fingerprint density at radius 1 is 1.11 bits per heavy atom. The highest BCUT2D eigenvalue weighted by Crippen LogP contribution is 2.37. The highest BCUT2D eigenvalue weighted by molar-refractivity contribution is 6.42. The van der Waals surface area contributed by atoms with Gasteiger partial charge in [-0.05, 0) is 76.1 Å². The standard InChI is InChI=1S/C16H23Cl2N/c1-16(2,3)19-10-13-6-5-12(13)8-11-4-7-14(17)15(18)9-11/h4,7,9,12-13,19H,5-6,8,10H2,1-3H3. The number of halogens is 2. The van der Waals surface area contributed by atoms with Crippen molar-refractivity contribution in [3.05, 3.63) is 33.8 Å². The molecule has 1 nitrogen and oxygen atoms in total. The number of benzene rings is 1. The van der Waals surface area contributed by atoms with Crippen LogP contribution in [0, 0.1) is 11.8 Å². The number of nitrogens with one attached hydrogen (secondary N) is 1. The van der Waals surface area contributed by atoms with Crippen molar-refractivity contribution in [2.75, 3.05) is 6.54 Å². The summed E-state index contributed by atoms with van der Waals surface area (Å²) in [4.78, 5) is 0. The topological polar surface area (TPSA) is 12.0 Å². The summed E-state index contributed by atoms with van der Waals surface area (Å²) in [6.07, 6.45) is 3.79. The molecule has 1 aromatic carbocycles. The third kappa shape index (κ3) is 4.37. The van der Waals surface area contributed by atoms with E-state index in [-0.39, 0.29) is 5.54 Å². The summed E-state index contributed by atoms with van der Waals surface area (Å²) in [5.74, 6) is 1.58. The van der Waals surface area contributed by atoms with Crippen molar-refractivity contribution in [2.45, 2.75) is 45.6 Å². The zero-order valence-corrected chi connectivity index (χ0v) is 13.5. The lowest BCUT2D eigenvalue weighted by molar-refractivity contribution is 0.159. The molecule has 1 aliphatic rings. The van der Waals surface area contributed by atoms with Crippen LogP contribution in [0.5, 0.6) is 0 Å². The van der Waals surface area contributed by atoms with Crippen LogP contribution in [0.25, 0.3) is 0 Å². The van der Waals surface area contributed by atoms with E-state index in [1.54, 1.807) is 0 Å². The lowest BCUT2D eigenvalue weighted by atomic mass is 9.70. The minimum atomic E-state index is 0.212. The van der Waals surface area contributed by atoms with Crippen molar-refractivity contribution in [2.24, 2.45) is 11.8 Å². The van der Waals surface area contributed by atoms with E-state index in [1.165, 1.54) is 18.4 Å². The van der Waals surface area contributed by atoms with Crippen LogP contribution in [0.1, 0.15) is 39.2 Å². The maximum atomic E-state index is 6.07. The Morgan fingerprint density at radius 2 is 1.79 bits per heavy atom. The van der Waals surface area contributed by atoms with Crippen LogP contribution in [0.15, 0.2) is 18.2 Å². The van der Waals surface area contributed by atoms with Gasteiger partial charge in [-0.3, -0.25) is 0 Å². The molecule has 1 fully saturated rings. The Hall–Kier alpha value is -0.240. The molecule has 0 amide bonds. The second-order valence-electron chi connectivity index (χ2n) is 6.68. The van der Waals surface area contributed by atoms with Gasteiger partial charge in [0.25, 0.3) is 0 Å². The Labute approximate surface area is 126 Å². The van der Waals surface area contributed by atoms with Crippen LogP contribution in [-0.4, -0.2) is 12.1 Å². The smallest absolute Gasteiger partial charge is 0.0595 e. The summed E-state index contributed by atoms with van der Waals surface area (Å²) in [6.45, 7) is 7.79. The minimum absolute atomic E-state index is 0.212. The predicted molar refractivity (Wildman–Crippen MR) is 84.1 cm³/mol. The van der Waals surface area contributed by atoms with Crippen LogP contribution in [0.4, 0.5) is 0 Å². The molecular formula is C16H23Cl2N. The fraction of sp³-hybridized carbons (Fsp3) is 0.625. The molecule has 3 heteroatoms. The van der Waals surface area contributed by atoms with E-state index in [0.717, 1.165) is 24.8 Å². The van der Waals surface area contributed by atoms with Crippen molar-refractivity contribution < 1.29 is 0 Å². The summed E-state index contributed by atoms with van der Waals surface area (Å²) in [6, 6.07) is 6.01. The Balaban J connectivity index is 1.87. The quantitative estimate of drug-likeness (QED) is 0.829. The van der Waals surface area contributed by atoms with Crippen LogP contribution in [-0.2, 0) is 6.42 Å². The first kappa shape index (κ1) is 15.2. The molecule has 1 aliphatic carbocycles. The van der Waals surface area contributed by atoms with E-state index in [4.69, 9.17) is 23.2 Å². The zero-order chi connectivity index (χ0) is 14.0. The van der Waals surface area contributed by atoms with Crippen LogP contribution >= 0.6 is 23.2 Å². The Bertz CT molecular complexity index is 437.